The number of nitrogens with zero attached hydrogens (tertiary/aromatic N) is 1. The molecule has 2 amide bonds. The zero-order chi connectivity index (χ0) is 18.7. The van der Waals surface area contributed by atoms with Crippen LogP contribution in [0.1, 0.15) is 23.7 Å². The molecule has 0 bridgehead atoms. The summed E-state index contributed by atoms with van der Waals surface area (Å²) in [5.41, 5.74) is 7.57. The molecule has 0 aliphatic carbocycles. The maximum Gasteiger partial charge on any atom is 0.338 e. The van der Waals surface area contributed by atoms with E-state index in [0.29, 0.717) is 22.6 Å². The standard InChI is InChI=1S/C19H19N3O4/c1-12-10-17(23)21-15-4-2-3-5-16(15)22(12)18(24)11-26-19(25)13-6-8-14(20)9-7-13/h2-9,12H,10-11,20H2,1H3,(H,21,23)/t12-/m1/s1. The summed E-state index contributed by atoms with van der Waals surface area (Å²) in [6, 6.07) is 12.9. The van der Waals surface area contributed by atoms with Crippen LogP contribution in [0.3, 0.4) is 0 Å². The number of amides is 2. The van der Waals surface area contributed by atoms with E-state index in [0.717, 1.165) is 0 Å². The molecule has 3 N–H and O–H groups in total. The van der Waals surface area contributed by atoms with E-state index in [1.165, 1.54) is 17.0 Å². The van der Waals surface area contributed by atoms with Crippen molar-refractivity contribution in [1.82, 2.24) is 0 Å². The predicted octanol–water partition coefficient (Wildman–Crippen LogP) is 2.19. The number of fused-ring (bicyclic) bond motifs is 1. The van der Waals surface area contributed by atoms with Crippen molar-refractivity contribution in [2.45, 2.75) is 19.4 Å². The Bertz CT molecular complexity index is 848. The number of ether oxygens (including phenoxy) is 1. The molecule has 1 heterocycles. The molecule has 0 fully saturated rings. The predicted molar refractivity (Wildman–Crippen MR) is 97.8 cm³/mol. The quantitative estimate of drug-likeness (QED) is 0.650. The second kappa shape index (κ2) is 7.26. The lowest BCUT2D eigenvalue weighted by atomic mass is 10.1. The molecular weight excluding hydrogens is 334 g/mol. The molecule has 0 saturated heterocycles. The lowest BCUT2D eigenvalue weighted by Crippen LogP contribution is -2.41. The molecule has 7 heteroatoms. The molecule has 0 spiro atoms. The molecule has 26 heavy (non-hydrogen) atoms. The third kappa shape index (κ3) is 3.66. The number of carbonyl (C=O) groups is 3. The SMILES string of the molecule is C[C@@H]1CC(=O)Nc2ccccc2N1C(=O)COC(=O)c1ccc(N)cc1. The number of hydrogen-bond acceptors (Lipinski definition) is 5. The van der Waals surface area contributed by atoms with Crippen LogP contribution >= 0.6 is 0 Å². The number of esters is 1. The van der Waals surface area contributed by atoms with E-state index >= 15 is 0 Å². The van der Waals surface area contributed by atoms with Gasteiger partial charge in [-0.05, 0) is 43.3 Å². The van der Waals surface area contributed by atoms with Crippen molar-refractivity contribution >= 4 is 34.8 Å². The van der Waals surface area contributed by atoms with Crippen molar-refractivity contribution in [3.8, 4) is 0 Å². The minimum atomic E-state index is -0.608. The Morgan fingerprint density at radius 3 is 2.62 bits per heavy atom. The van der Waals surface area contributed by atoms with Crippen LogP contribution in [0.5, 0.6) is 0 Å². The molecule has 1 atom stereocenters. The Balaban J connectivity index is 1.75. The lowest BCUT2D eigenvalue weighted by molar-refractivity contribution is -0.122. The molecule has 7 nitrogen and oxygen atoms in total. The lowest BCUT2D eigenvalue weighted by Gasteiger charge is -2.27. The highest BCUT2D eigenvalue weighted by Crippen LogP contribution is 2.31. The average Bonchev–Trinajstić information content (AvgIpc) is 2.74. The highest BCUT2D eigenvalue weighted by atomic mass is 16.5. The third-order valence-corrected chi connectivity index (χ3v) is 4.10. The molecule has 3 rings (SSSR count). The highest BCUT2D eigenvalue weighted by molar-refractivity contribution is 6.05. The summed E-state index contributed by atoms with van der Waals surface area (Å²) in [5.74, 6) is -1.17. The normalized spacial score (nSPS) is 16.3. The number of anilines is 3. The van der Waals surface area contributed by atoms with Crippen LogP contribution in [0.15, 0.2) is 48.5 Å². The van der Waals surface area contributed by atoms with Crippen LogP contribution in [0, 0.1) is 0 Å². The van der Waals surface area contributed by atoms with Gasteiger partial charge in [-0.1, -0.05) is 12.1 Å². The highest BCUT2D eigenvalue weighted by Gasteiger charge is 2.30. The Morgan fingerprint density at radius 1 is 1.19 bits per heavy atom. The van der Waals surface area contributed by atoms with Gasteiger partial charge < -0.3 is 20.7 Å². The van der Waals surface area contributed by atoms with Gasteiger partial charge >= 0.3 is 5.97 Å². The molecule has 0 unspecified atom stereocenters. The van der Waals surface area contributed by atoms with Gasteiger partial charge in [-0.2, -0.15) is 0 Å². The number of nitrogens with one attached hydrogen (secondary N) is 1. The molecule has 1 aliphatic heterocycles. The van der Waals surface area contributed by atoms with Crippen molar-refractivity contribution in [2.75, 3.05) is 22.6 Å². The summed E-state index contributed by atoms with van der Waals surface area (Å²) in [5, 5.41) is 2.78. The van der Waals surface area contributed by atoms with E-state index in [9.17, 15) is 14.4 Å². The number of benzene rings is 2. The number of nitrogen functional groups attached to an aromatic ring is 1. The van der Waals surface area contributed by atoms with Crippen molar-refractivity contribution in [3.05, 3.63) is 54.1 Å². The summed E-state index contributed by atoms with van der Waals surface area (Å²) in [4.78, 5) is 38.2. The Kier molecular flexibility index (Phi) is 4.88. The third-order valence-electron chi connectivity index (χ3n) is 4.10. The van der Waals surface area contributed by atoms with E-state index in [1.807, 2.05) is 0 Å². The van der Waals surface area contributed by atoms with E-state index < -0.39 is 18.5 Å². The first-order valence-corrected chi connectivity index (χ1v) is 8.19. The van der Waals surface area contributed by atoms with E-state index in [-0.39, 0.29) is 18.4 Å². The van der Waals surface area contributed by atoms with Crippen LogP contribution in [0.4, 0.5) is 17.1 Å². The fraction of sp³-hybridized carbons (Fsp3) is 0.211. The minimum Gasteiger partial charge on any atom is -0.452 e. The molecule has 0 radical (unpaired) electrons. The van der Waals surface area contributed by atoms with Gasteiger partial charge in [0, 0.05) is 18.2 Å². The number of nitrogens with two attached hydrogens (primary N) is 1. The van der Waals surface area contributed by atoms with E-state index in [2.05, 4.69) is 5.32 Å². The topological polar surface area (TPSA) is 102 Å². The molecule has 0 saturated carbocycles. The fourth-order valence-electron chi connectivity index (χ4n) is 2.87. The summed E-state index contributed by atoms with van der Waals surface area (Å²) in [6.45, 7) is 1.36. The van der Waals surface area contributed by atoms with Gasteiger partial charge in [0.25, 0.3) is 5.91 Å². The Labute approximate surface area is 150 Å². The maximum absolute atomic E-state index is 12.7. The number of para-hydroxylation sites is 2. The van der Waals surface area contributed by atoms with Gasteiger partial charge in [0.1, 0.15) is 0 Å². The van der Waals surface area contributed by atoms with Gasteiger partial charge in [0.15, 0.2) is 6.61 Å². The first-order chi connectivity index (χ1) is 12.5. The molecule has 0 aromatic heterocycles. The van der Waals surface area contributed by atoms with Crippen molar-refractivity contribution in [3.63, 3.8) is 0 Å². The molecule has 2 aromatic carbocycles. The number of rotatable bonds is 3. The van der Waals surface area contributed by atoms with Gasteiger partial charge in [-0.15, -0.1) is 0 Å². The average molecular weight is 353 g/mol. The Hall–Kier alpha value is -3.35. The molecule has 2 aromatic rings. The van der Waals surface area contributed by atoms with Gasteiger partial charge in [0.2, 0.25) is 5.91 Å². The second-order valence-electron chi connectivity index (χ2n) is 6.08. The minimum absolute atomic E-state index is 0.159. The van der Waals surface area contributed by atoms with Crippen LogP contribution in [-0.2, 0) is 14.3 Å². The zero-order valence-corrected chi connectivity index (χ0v) is 14.3. The largest absolute Gasteiger partial charge is 0.452 e. The summed E-state index contributed by atoms with van der Waals surface area (Å²) >= 11 is 0. The van der Waals surface area contributed by atoms with E-state index in [4.69, 9.17) is 10.5 Å². The first-order valence-electron chi connectivity index (χ1n) is 8.19. The van der Waals surface area contributed by atoms with Crippen molar-refractivity contribution in [1.29, 1.82) is 0 Å². The monoisotopic (exact) mass is 353 g/mol. The van der Waals surface area contributed by atoms with Gasteiger partial charge in [-0.25, -0.2) is 4.79 Å². The van der Waals surface area contributed by atoms with Crippen molar-refractivity contribution < 1.29 is 19.1 Å². The zero-order valence-electron chi connectivity index (χ0n) is 14.3. The number of carbonyl (C=O) groups excluding carboxylic acids is 3. The van der Waals surface area contributed by atoms with Crippen LogP contribution < -0.4 is 16.0 Å². The van der Waals surface area contributed by atoms with Crippen LogP contribution in [0.2, 0.25) is 0 Å². The summed E-state index contributed by atoms with van der Waals surface area (Å²) in [7, 11) is 0. The second-order valence-corrected chi connectivity index (χ2v) is 6.08. The summed E-state index contributed by atoms with van der Waals surface area (Å²) in [6.07, 6.45) is 0.159. The molecule has 134 valence electrons. The van der Waals surface area contributed by atoms with Gasteiger partial charge in [-0.3, -0.25) is 9.59 Å². The summed E-state index contributed by atoms with van der Waals surface area (Å²) < 4.78 is 5.14. The van der Waals surface area contributed by atoms with Crippen molar-refractivity contribution in [2.24, 2.45) is 0 Å². The fourth-order valence-corrected chi connectivity index (χ4v) is 2.87. The Morgan fingerprint density at radius 2 is 1.88 bits per heavy atom. The first kappa shape index (κ1) is 17.5. The number of hydrogen-bond donors (Lipinski definition) is 2. The molecule has 1 aliphatic rings. The van der Waals surface area contributed by atoms with Crippen LogP contribution in [-0.4, -0.2) is 30.4 Å². The molecular formula is C19H19N3O4. The van der Waals surface area contributed by atoms with Gasteiger partial charge in [0.05, 0.1) is 16.9 Å². The smallest absolute Gasteiger partial charge is 0.338 e. The van der Waals surface area contributed by atoms with Crippen LogP contribution in [0.25, 0.3) is 0 Å². The van der Waals surface area contributed by atoms with E-state index in [1.54, 1.807) is 43.3 Å². The maximum atomic E-state index is 12.7.